The van der Waals surface area contributed by atoms with Crippen molar-refractivity contribution in [2.24, 2.45) is 0 Å². The fraction of sp³-hybridized carbons (Fsp3) is 0.467. The molecule has 1 saturated heterocycles. The van der Waals surface area contributed by atoms with Gasteiger partial charge in [0.1, 0.15) is 6.04 Å². The summed E-state index contributed by atoms with van der Waals surface area (Å²) in [6.45, 7) is 3.82. The van der Waals surface area contributed by atoms with Crippen molar-refractivity contribution in [1.29, 1.82) is 0 Å². The number of hydrogen-bond acceptors (Lipinski definition) is 5. The number of benzene rings is 1. The van der Waals surface area contributed by atoms with Gasteiger partial charge in [-0.05, 0) is 31.0 Å². The van der Waals surface area contributed by atoms with Gasteiger partial charge in [0.2, 0.25) is 15.9 Å². The third-order valence-electron chi connectivity index (χ3n) is 3.80. The van der Waals surface area contributed by atoms with E-state index in [9.17, 15) is 18.0 Å². The normalized spacial score (nSPS) is 19.3. The second-order valence-corrected chi connectivity index (χ2v) is 7.33. The summed E-state index contributed by atoms with van der Waals surface area (Å²) in [4.78, 5) is 23.7. The van der Waals surface area contributed by atoms with Gasteiger partial charge in [-0.15, -0.1) is 0 Å². The minimum absolute atomic E-state index is 0.114. The molecule has 1 aliphatic heterocycles. The number of piperazine rings is 1. The second kappa shape index (κ2) is 6.67. The molecule has 126 valence electrons. The molecule has 0 aliphatic carbocycles. The molecule has 23 heavy (non-hydrogen) atoms. The molecular formula is C15H20N2O5S. The van der Waals surface area contributed by atoms with Crippen molar-refractivity contribution in [2.75, 3.05) is 20.2 Å². The van der Waals surface area contributed by atoms with Crippen LogP contribution in [0.5, 0.6) is 0 Å². The fourth-order valence-electron chi connectivity index (χ4n) is 2.53. The summed E-state index contributed by atoms with van der Waals surface area (Å²) in [5.74, 6) is -1.12. The van der Waals surface area contributed by atoms with Gasteiger partial charge in [-0.3, -0.25) is 9.59 Å². The van der Waals surface area contributed by atoms with Crippen LogP contribution < -0.4 is 5.32 Å². The highest BCUT2D eigenvalue weighted by atomic mass is 32.2. The molecule has 1 aliphatic rings. The van der Waals surface area contributed by atoms with Crippen LogP contribution in [-0.4, -0.2) is 50.8 Å². The zero-order chi connectivity index (χ0) is 17.2. The molecule has 8 heteroatoms. The SMILES string of the molecule is COC(=O)C[C@@H]1C(=O)NCCN1S(=O)(=O)c1cc(C)ccc1C. The Morgan fingerprint density at radius 3 is 2.74 bits per heavy atom. The molecule has 1 heterocycles. The average molecular weight is 340 g/mol. The highest BCUT2D eigenvalue weighted by Crippen LogP contribution is 2.25. The first kappa shape index (κ1) is 17.4. The van der Waals surface area contributed by atoms with Gasteiger partial charge < -0.3 is 10.1 Å². The summed E-state index contributed by atoms with van der Waals surface area (Å²) in [5, 5.41) is 2.59. The fourth-order valence-corrected chi connectivity index (χ4v) is 4.43. The van der Waals surface area contributed by atoms with Gasteiger partial charge in [-0.1, -0.05) is 12.1 Å². The van der Waals surface area contributed by atoms with Crippen LogP contribution in [-0.2, 0) is 24.3 Å². The molecule has 7 nitrogen and oxygen atoms in total. The molecule has 2 rings (SSSR count). The molecule has 1 amide bonds. The van der Waals surface area contributed by atoms with E-state index in [-0.39, 0.29) is 24.4 Å². The molecular weight excluding hydrogens is 320 g/mol. The van der Waals surface area contributed by atoms with E-state index in [2.05, 4.69) is 10.1 Å². The van der Waals surface area contributed by atoms with Crippen LogP contribution >= 0.6 is 0 Å². The van der Waals surface area contributed by atoms with Crippen LogP contribution in [0.3, 0.4) is 0 Å². The van der Waals surface area contributed by atoms with Gasteiger partial charge in [0.25, 0.3) is 0 Å². The number of hydrogen-bond donors (Lipinski definition) is 1. The number of esters is 1. The number of aryl methyl sites for hydroxylation is 2. The summed E-state index contributed by atoms with van der Waals surface area (Å²) in [6.07, 6.45) is -0.313. The van der Waals surface area contributed by atoms with E-state index in [0.717, 1.165) is 9.87 Å². The standard InChI is InChI=1S/C15H20N2O5S/c1-10-4-5-11(2)13(8-10)23(20,21)17-7-6-16-15(19)12(17)9-14(18)22-3/h4-5,8,12H,6-7,9H2,1-3H3,(H,16,19)/t12-/m1/s1. The summed E-state index contributed by atoms with van der Waals surface area (Å²) >= 11 is 0. The first-order chi connectivity index (χ1) is 10.8. The number of carbonyl (C=O) groups is 2. The highest BCUT2D eigenvalue weighted by molar-refractivity contribution is 7.89. The number of ether oxygens (including phenoxy) is 1. The van der Waals surface area contributed by atoms with E-state index < -0.39 is 27.9 Å². The summed E-state index contributed by atoms with van der Waals surface area (Å²) in [5.41, 5.74) is 1.40. The lowest BCUT2D eigenvalue weighted by Gasteiger charge is -2.33. The Hall–Kier alpha value is -1.93. The first-order valence-corrected chi connectivity index (χ1v) is 8.65. The predicted octanol–water partition coefficient (Wildman–Crippen LogP) is 0.356. The molecule has 1 aromatic rings. The number of nitrogens with zero attached hydrogens (tertiary/aromatic N) is 1. The maximum atomic E-state index is 13.0. The van der Waals surface area contributed by atoms with Crippen LogP contribution in [0.2, 0.25) is 0 Å². The average Bonchev–Trinajstić information content (AvgIpc) is 2.51. The van der Waals surface area contributed by atoms with Crippen molar-refractivity contribution >= 4 is 21.9 Å². The number of amides is 1. The van der Waals surface area contributed by atoms with Crippen LogP contribution in [0, 0.1) is 13.8 Å². The Balaban J connectivity index is 2.44. The molecule has 0 unspecified atom stereocenters. The zero-order valence-corrected chi connectivity index (χ0v) is 14.1. The quantitative estimate of drug-likeness (QED) is 0.799. The number of nitrogens with one attached hydrogen (secondary N) is 1. The van der Waals surface area contributed by atoms with Gasteiger partial charge >= 0.3 is 5.97 Å². The Bertz CT molecular complexity index is 729. The number of carbonyl (C=O) groups excluding carboxylic acids is 2. The summed E-state index contributed by atoms with van der Waals surface area (Å²) in [7, 11) is -2.69. The van der Waals surface area contributed by atoms with E-state index in [1.165, 1.54) is 7.11 Å². The Labute approximate surface area is 135 Å². The second-order valence-electron chi connectivity index (χ2n) is 5.47. The van der Waals surface area contributed by atoms with Crippen molar-refractivity contribution in [3.8, 4) is 0 Å². The van der Waals surface area contributed by atoms with E-state index in [1.807, 2.05) is 6.07 Å². The number of rotatable bonds is 4. The molecule has 0 radical (unpaired) electrons. The predicted molar refractivity (Wildman–Crippen MR) is 83.2 cm³/mol. The Morgan fingerprint density at radius 1 is 1.39 bits per heavy atom. The lowest BCUT2D eigenvalue weighted by molar-refractivity contribution is -0.144. The van der Waals surface area contributed by atoms with Gasteiger partial charge in [-0.25, -0.2) is 8.42 Å². The van der Waals surface area contributed by atoms with Crippen molar-refractivity contribution in [3.05, 3.63) is 29.3 Å². The van der Waals surface area contributed by atoms with Gasteiger partial charge in [0, 0.05) is 13.1 Å². The molecule has 1 atom stereocenters. The van der Waals surface area contributed by atoms with E-state index in [4.69, 9.17) is 0 Å². The topological polar surface area (TPSA) is 92.8 Å². The molecule has 1 N–H and O–H groups in total. The smallest absolute Gasteiger partial charge is 0.307 e. The third-order valence-corrected chi connectivity index (χ3v) is 5.85. The molecule has 0 aromatic heterocycles. The summed E-state index contributed by atoms with van der Waals surface area (Å²) in [6, 6.07) is 4.03. The molecule has 1 aromatic carbocycles. The molecule has 0 saturated carbocycles. The highest BCUT2D eigenvalue weighted by Gasteiger charge is 2.40. The third kappa shape index (κ3) is 3.53. The van der Waals surface area contributed by atoms with Gasteiger partial charge in [-0.2, -0.15) is 4.31 Å². The van der Waals surface area contributed by atoms with Crippen LogP contribution in [0.15, 0.2) is 23.1 Å². The maximum absolute atomic E-state index is 13.0. The van der Waals surface area contributed by atoms with Crippen LogP contribution in [0.1, 0.15) is 17.5 Å². The van der Waals surface area contributed by atoms with Crippen LogP contribution in [0.4, 0.5) is 0 Å². The van der Waals surface area contributed by atoms with E-state index in [1.54, 1.807) is 26.0 Å². The van der Waals surface area contributed by atoms with Gasteiger partial charge in [0.05, 0.1) is 18.4 Å². The Morgan fingerprint density at radius 2 is 2.09 bits per heavy atom. The number of methoxy groups -OCH3 is 1. The van der Waals surface area contributed by atoms with Crippen molar-refractivity contribution in [3.63, 3.8) is 0 Å². The minimum Gasteiger partial charge on any atom is -0.469 e. The molecule has 0 bridgehead atoms. The Kier molecular flexibility index (Phi) is 5.06. The van der Waals surface area contributed by atoms with Crippen molar-refractivity contribution < 1.29 is 22.7 Å². The lowest BCUT2D eigenvalue weighted by atomic mass is 10.1. The monoisotopic (exact) mass is 340 g/mol. The zero-order valence-electron chi connectivity index (χ0n) is 13.3. The van der Waals surface area contributed by atoms with Crippen molar-refractivity contribution in [1.82, 2.24) is 9.62 Å². The number of sulfonamides is 1. The lowest BCUT2D eigenvalue weighted by Crippen LogP contribution is -2.57. The van der Waals surface area contributed by atoms with Crippen molar-refractivity contribution in [2.45, 2.75) is 31.2 Å². The minimum atomic E-state index is -3.89. The largest absolute Gasteiger partial charge is 0.469 e. The first-order valence-electron chi connectivity index (χ1n) is 7.21. The maximum Gasteiger partial charge on any atom is 0.307 e. The summed E-state index contributed by atoms with van der Waals surface area (Å²) < 4.78 is 31.6. The van der Waals surface area contributed by atoms with E-state index >= 15 is 0 Å². The van der Waals surface area contributed by atoms with E-state index in [0.29, 0.717) is 5.56 Å². The molecule has 1 fully saturated rings. The van der Waals surface area contributed by atoms with Gasteiger partial charge in [0.15, 0.2) is 0 Å². The molecule has 0 spiro atoms. The van der Waals surface area contributed by atoms with Crippen LogP contribution in [0.25, 0.3) is 0 Å².